The number of piperazine rings is 1. The monoisotopic (exact) mass is 452 g/mol. The van der Waals surface area contributed by atoms with E-state index >= 15 is 0 Å². The lowest BCUT2D eigenvalue weighted by Crippen LogP contribution is -2.54. The smallest absolute Gasteiger partial charge is 0.409 e. The van der Waals surface area contributed by atoms with E-state index in [1.165, 1.54) is 5.57 Å². The summed E-state index contributed by atoms with van der Waals surface area (Å²) in [6, 6.07) is 0. The van der Waals surface area contributed by atoms with Crippen molar-refractivity contribution in [2.45, 2.75) is 19.8 Å². The Kier molecular flexibility index (Phi) is 10.1. The molecule has 2 aliphatic rings. The van der Waals surface area contributed by atoms with Gasteiger partial charge in [-0.25, -0.2) is 4.79 Å². The number of rotatable bonds is 4. The first-order valence-corrected chi connectivity index (χ1v) is 8.37. The maximum absolute atomic E-state index is 11.7. The van der Waals surface area contributed by atoms with Gasteiger partial charge in [-0.3, -0.25) is 4.99 Å². The number of nitrogens with one attached hydrogen (secondary N) is 1. The van der Waals surface area contributed by atoms with E-state index in [-0.39, 0.29) is 30.1 Å². The lowest BCUT2D eigenvalue weighted by atomic mass is 10.1. The molecule has 1 N–H and O–H groups in total. The SMILES string of the molecule is CCOC(=O)N1CCN(C(=NC)NCCC2=CCOCC2)CC1.I. The molecule has 7 nitrogen and oxygen atoms in total. The van der Waals surface area contributed by atoms with Gasteiger partial charge >= 0.3 is 6.09 Å². The molecule has 0 spiro atoms. The van der Waals surface area contributed by atoms with Crippen LogP contribution in [0.2, 0.25) is 0 Å². The highest BCUT2D eigenvalue weighted by Crippen LogP contribution is 2.11. The predicted molar refractivity (Wildman–Crippen MR) is 105 cm³/mol. The fourth-order valence-electron chi connectivity index (χ4n) is 2.78. The third kappa shape index (κ3) is 6.46. The normalized spacial score (nSPS) is 18.6. The molecular weight excluding hydrogens is 423 g/mol. The molecule has 0 aliphatic carbocycles. The summed E-state index contributed by atoms with van der Waals surface area (Å²) >= 11 is 0. The second kappa shape index (κ2) is 11.5. The van der Waals surface area contributed by atoms with Gasteiger partial charge in [-0.1, -0.05) is 11.6 Å². The fraction of sp³-hybridized carbons (Fsp3) is 0.750. The second-order valence-electron chi connectivity index (χ2n) is 5.58. The third-order valence-corrected chi connectivity index (χ3v) is 4.10. The van der Waals surface area contributed by atoms with Gasteiger partial charge in [-0.05, 0) is 19.8 Å². The van der Waals surface area contributed by atoms with Crippen molar-refractivity contribution in [2.24, 2.45) is 4.99 Å². The zero-order valence-electron chi connectivity index (χ0n) is 14.6. The molecule has 2 heterocycles. The molecule has 0 unspecified atom stereocenters. The zero-order valence-corrected chi connectivity index (χ0v) is 17.0. The average molecular weight is 452 g/mol. The van der Waals surface area contributed by atoms with Crippen LogP contribution in [0.1, 0.15) is 19.8 Å². The minimum absolute atomic E-state index is 0. The highest BCUT2D eigenvalue weighted by molar-refractivity contribution is 14.0. The Hall–Kier alpha value is -1.03. The van der Waals surface area contributed by atoms with Gasteiger partial charge in [0.1, 0.15) is 0 Å². The van der Waals surface area contributed by atoms with Crippen molar-refractivity contribution in [3.05, 3.63) is 11.6 Å². The van der Waals surface area contributed by atoms with Gasteiger partial charge in [0.25, 0.3) is 0 Å². The Morgan fingerprint density at radius 2 is 2.04 bits per heavy atom. The standard InChI is InChI=1S/C16H28N4O3.HI/c1-3-23-16(21)20-10-8-19(9-11-20)15(17-2)18-7-4-14-5-12-22-13-6-14;/h5H,3-4,6-13H2,1-2H3,(H,17,18);1H. The lowest BCUT2D eigenvalue weighted by Gasteiger charge is -2.35. The van der Waals surface area contributed by atoms with E-state index in [0.717, 1.165) is 51.6 Å². The first kappa shape index (κ1) is 21.0. The van der Waals surface area contributed by atoms with Crippen molar-refractivity contribution in [1.82, 2.24) is 15.1 Å². The maximum atomic E-state index is 11.7. The summed E-state index contributed by atoms with van der Waals surface area (Å²) in [6.07, 6.45) is 4.00. The Morgan fingerprint density at radius 1 is 1.33 bits per heavy atom. The highest BCUT2D eigenvalue weighted by Gasteiger charge is 2.23. The van der Waals surface area contributed by atoms with Crippen LogP contribution in [0.5, 0.6) is 0 Å². The largest absolute Gasteiger partial charge is 0.450 e. The summed E-state index contributed by atoms with van der Waals surface area (Å²) < 4.78 is 10.4. The van der Waals surface area contributed by atoms with Crippen LogP contribution >= 0.6 is 24.0 Å². The predicted octanol–water partition coefficient (Wildman–Crippen LogP) is 1.69. The number of aliphatic imine (C=N–C) groups is 1. The molecule has 0 radical (unpaired) electrons. The minimum atomic E-state index is -0.221. The van der Waals surface area contributed by atoms with E-state index in [2.05, 4.69) is 21.3 Å². The van der Waals surface area contributed by atoms with Gasteiger partial charge in [0.05, 0.1) is 19.8 Å². The van der Waals surface area contributed by atoms with Crippen LogP contribution in [0.3, 0.4) is 0 Å². The highest BCUT2D eigenvalue weighted by atomic mass is 127. The van der Waals surface area contributed by atoms with Crippen molar-refractivity contribution in [3.8, 4) is 0 Å². The number of guanidine groups is 1. The summed E-state index contributed by atoms with van der Waals surface area (Å²) in [4.78, 5) is 20.0. The van der Waals surface area contributed by atoms with Crippen molar-refractivity contribution >= 4 is 36.0 Å². The number of nitrogens with zero attached hydrogens (tertiary/aromatic N) is 3. The Bertz CT molecular complexity index is 449. The van der Waals surface area contributed by atoms with Crippen LogP contribution < -0.4 is 5.32 Å². The van der Waals surface area contributed by atoms with Crippen molar-refractivity contribution < 1.29 is 14.3 Å². The molecule has 2 aliphatic heterocycles. The van der Waals surface area contributed by atoms with Crippen LogP contribution in [0.25, 0.3) is 0 Å². The maximum Gasteiger partial charge on any atom is 0.409 e. The Balaban J connectivity index is 0.00000288. The van der Waals surface area contributed by atoms with Gasteiger partial charge < -0.3 is 24.6 Å². The van der Waals surface area contributed by atoms with Crippen LogP contribution in [0.4, 0.5) is 4.79 Å². The van der Waals surface area contributed by atoms with E-state index < -0.39 is 0 Å². The van der Waals surface area contributed by atoms with Crippen LogP contribution in [0.15, 0.2) is 16.6 Å². The lowest BCUT2D eigenvalue weighted by molar-refractivity contribution is 0.0914. The van der Waals surface area contributed by atoms with E-state index in [9.17, 15) is 4.79 Å². The van der Waals surface area contributed by atoms with Crippen LogP contribution in [-0.2, 0) is 9.47 Å². The number of ether oxygens (including phenoxy) is 2. The molecule has 138 valence electrons. The number of amides is 1. The summed E-state index contributed by atoms with van der Waals surface area (Å²) in [5.41, 5.74) is 1.45. The molecule has 2 rings (SSSR count). The molecule has 8 heteroatoms. The molecule has 1 fully saturated rings. The molecule has 0 aromatic heterocycles. The number of carbonyl (C=O) groups excluding carboxylic acids is 1. The first-order chi connectivity index (χ1) is 11.2. The van der Waals surface area contributed by atoms with Crippen LogP contribution in [-0.4, -0.2) is 81.4 Å². The van der Waals surface area contributed by atoms with E-state index in [1.807, 2.05) is 6.92 Å². The molecule has 0 saturated carbocycles. The van der Waals surface area contributed by atoms with E-state index in [1.54, 1.807) is 11.9 Å². The summed E-state index contributed by atoms with van der Waals surface area (Å²) in [5.74, 6) is 0.904. The minimum Gasteiger partial charge on any atom is -0.450 e. The topological polar surface area (TPSA) is 66.4 Å². The number of hydrogen-bond acceptors (Lipinski definition) is 4. The van der Waals surface area contributed by atoms with Crippen molar-refractivity contribution in [2.75, 3.05) is 59.6 Å². The van der Waals surface area contributed by atoms with Crippen molar-refractivity contribution in [3.63, 3.8) is 0 Å². The first-order valence-electron chi connectivity index (χ1n) is 8.37. The Morgan fingerprint density at radius 3 is 2.62 bits per heavy atom. The van der Waals surface area contributed by atoms with Crippen molar-refractivity contribution in [1.29, 1.82) is 0 Å². The number of hydrogen-bond donors (Lipinski definition) is 1. The van der Waals surface area contributed by atoms with Gasteiger partial charge in [0.2, 0.25) is 0 Å². The second-order valence-corrected chi connectivity index (χ2v) is 5.58. The third-order valence-electron chi connectivity index (χ3n) is 4.10. The quantitative estimate of drug-likeness (QED) is 0.305. The molecule has 0 bridgehead atoms. The molecule has 24 heavy (non-hydrogen) atoms. The molecular formula is C16H29IN4O3. The number of carbonyl (C=O) groups is 1. The molecule has 0 aromatic carbocycles. The molecule has 0 atom stereocenters. The van der Waals surface area contributed by atoms with Gasteiger partial charge in [0.15, 0.2) is 5.96 Å². The Labute approximate surface area is 161 Å². The summed E-state index contributed by atoms with van der Waals surface area (Å²) in [6.45, 7) is 7.57. The van der Waals surface area contributed by atoms with Gasteiger partial charge in [0, 0.05) is 39.8 Å². The number of halogens is 1. The van der Waals surface area contributed by atoms with E-state index in [4.69, 9.17) is 9.47 Å². The van der Waals surface area contributed by atoms with E-state index in [0.29, 0.717) is 19.7 Å². The summed E-state index contributed by atoms with van der Waals surface area (Å²) in [7, 11) is 1.80. The van der Waals surface area contributed by atoms with Gasteiger partial charge in [-0.2, -0.15) is 0 Å². The van der Waals surface area contributed by atoms with Crippen LogP contribution in [0, 0.1) is 0 Å². The average Bonchev–Trinajstić information content (AvgIpc) is 2.60. The van der Waals surface area contributed by atoms with Gasteiger partial charge in [-0.15, -0.1) is 24.0 Å². The summed E-state index contributed by atoms with van der Waals surface area (Å²) in [5, 5.41) is 3.42. The molecule has 1 saturated heterocycles. The molecule has 1 amide bonds. The zero-order chi connectivity index (χ0) is 16.5. The molecule has 0 aromatic rings. The fourth-order valence-corrected chi connectivity index (χ4v) is 2.78.